The minimum Gasteiger partial charge on any atom is -0.375 e. The number of halogens is 1. The molecule has 1 nitrogen and oxygen atoms in total. The highest BCUT2D eigenvalue weighted by Gasteiger charge is 2.23. The van der Waals surface area contributed by atoms with Gasteiger partial charge in [-0.15, -0.1) is 0 Å². The zero-order valence-electron chi connectivity index (χ0n) is 7.73. The van der Waals surface area contributed by atoms with Crippen LogP contribution in [0.1, 0.15) is 46.5 Å². The lowest BCUT2D eigenvalue weighted by atomic mass is 10.0. The number of hydrogen-bond acceptors (Lipinski definition) is 1. The number of aliphatic hydroxyl groups is 1. The largest absolute Gasteiger partial charge is 0.375 e. The molecule has 0 spiro atoms. The summed E-state index contributed by atoms with van der Waals surface area (Å²) >= 11 is 5.87. The van der Waals surface area contributed by atoms with Gasteiger partial charge in [0, 0.05) is 0 Å². The van der Waals surface area contributed by atoms with Gasteiger partial charge in [-0.05, 0) is 25.2 Å². The van der Waals surface area contributed by atoms with Crippen LogP contribution in [0.4, 0.5) is 0 Å². The van der Waals surface area contributed by atoms with Gasteiger partial charge in [0.25, 0.3) is 0 Å². The monoisotopic (exact) mass is 178 g/mol. The molecule has 0 fully saturated rings. The average Bonchev–Trinajstić information content (AvgIpc) is 1.81. The van der Waals surface area contributed by atoms with E-state index in [1.165, 1.54) is 0 Å². The lowest BCUT2D eigenvalue weighted by Gasteiger charge is -2.22. The molecule has 0 amide bonds. The molecule has 68 valence electrons. The van der Waals surface area contributed by atoms with Gasteiger partial charge in [0.1, 0.15) is 5.06 Å². The second kappa shape index (κ2) is 5.00. The highest BCUT2D eigenvalue weighted by molar-refractivity contribution is 6.22. The van der Waals surface area contributed by atoms with Crippen LogP contribution in [0, 0.1) is 5.92 Å². The van der Waals surface area contributed by atoms with Gasteiger partial charge in [0.2, 0.25) is 0 Å². The summed E-state index contributed by atoms with van der Waals surface area (Å²) in [6.45, 7) is 6.24. The molecule has 0 aliphatic heterocycles. The van der Waals surface area contributed by atoms with Crippen LogP contribution in [-0.2, 0) is 0 Å². The highest BCUT2D eigenvalue weighted by atomic mass is 35.5. The molecule has 0 aromatic carbocycles. The maximum absolute atomic E-state index is 9.58. The molecule has 0 radical (unpaired) electrons. The molecule has 0 aromatic rings. The molecule has 0 aliphatic rings. The van der Waals surface area contributed by atoms with E-state index in [2.05, 4.69) is 20.8 Å². The zero-order valence-corrected chi connectivity index (χ0v) is 8.49. The quantitative estimate of drug-likeness (QED) is 0.642. The predicted molar refractivity (Wildman–Crippen MR) is 49.8 cm³/mol. The summed E-state index contributed by atoms with van der Waals surface area (Å²) < 4.78 is 0. The third kappa shape index (κ3) is 6.64. The maximum atomic E-state index is 9.58. The van der Waals surface area contributed by atoms with Gasteiger partial charge in [-0.2, -0.15) is 0 Å². The maximum Gasteiger partial charge on any atom is 0.138 e. The Hall–Kier alpha value is 0.250. The fourth-order valence-electron chi connectivity index (χ4n) is 1.18. The van der Waals surface area contributed by atoms with Crippen LogP contribution in [0.25, 0.3) is 0 Å². The SMILES string of the molecule is CCCCC(O)(Cl)CC(C)C. The van der Waals surface area contributed by atoms with Crippen LogP contribution < -0.4 is 0 Å². The molecule has 0 heterocycles. The molecule has 0 aliphatic carbocycles. The lowest BCUT2D eigenvalue weighted by molar-refractivity contribution is 0.0925. The van der Waals surface area contributed by atoms with Gasteiger partial charge in [0.05, 0.1) is 0 Å². The van der Waals surface area contributed by atoms with E-state index >= 15 is 0 Å². The molecule has 2 heteroatoms. The second-order valence-electron chi connectivity index (χ2n) is 3.62. The standard InChI is InChI=1S/C9H19ClO/c1-4-5-6-9(10,11)7-8(2)3/h8,11H,4-7H2,1-3H3. The molecular weight excluding hydrogens is 160 g/mol. The van der Waals surface area contributed by atoms with Crippen molar-refractivity contribution in [3.05, 3.63) is 0 Å². The Morgan fingerprint density at radius 1 is 1.45 bits per heavy atom. The Bertz CT molecular complexity index is 99.7. The minimum absolute atomic E-state index is 0.467. The molecule has 0 rings (SSSR count). The molecule has 1 atom stereocenters. The van der Waals surface area contributed by atoms with E-state index in [9.17, 15) is 5.11 Å². The first-order valence-electron chi connectivity index (χ1n) is 4.39. The van der Waals surface area contributed by atoms with E-state index in [-0.39, 0.29) is 0 Å². The van der Waals surface area contributed by atoms with Crippen LogP contribution in [0.5, 0.6) is 0 Å². The van der Waals surface area contributed by atoms with Gasteiger partial charge in [0.15, 0.2) is 0 Å². The highest BCUT2D eigenvalue weighted by Crippen LogP contribution is 2.26. The fraction of sp³-hybridized carbons (Fsp3) is 1.00. The summed E-state index contributed by atoms with van der Waals surface area (Å²) in [7, 11) is 0. The summed E-state index contributed by atoms with van der Waals surface area (Å²) in [6, 6.07) is 0. The van der Waals surface area contributed by atoms with Crippen molar-refractivity contribution in [1.82, 2.24) is 0 Å². The summed E-state index contributed by atoms with van der Waals surface area (Å²) in [5, 5.41) is 8.63. The van der Waals surface area contributed by atoms with Gasteiger partial charge < -0.3 is 5.11 Å². The van der Waals surface area contributed by atoms with E-state index in [0.29, 0.717) is 18.8 Å². The Morgan fingerprint density at radius 3 is 2.36 bits per heavy atom. The van der Waals surface area contributed by atoms with E-state index in [4.69, 9.17) is 11.6 Å². The van der Waals surface area contributed by atoms with Crippen molar-refractivity contribution in [2.75, 3.05) is 0 Å². The Kier molecular flexibility index (Phi) is 5.11. The van der Waals surface area contributed by atoms with Crippen LogP contribution in [0.15, 0.2) is 0 Å². The number of unbranched alkanes of at least 4 members (excludes halogenated alkanes) is 1. The van der Waals surface area contributed by atoms with Crippen molar-refractivity contribution in [2.24, 2.45) is 5.92 Å². The topological polar surface area (TPSA) is 20.2 Å². The lowest BCUT2D eigenvalue weighted by Crippen LogP contribution is -2.22. The first-order chi connectivity index (χ1) is 4.98. The smallest absolute Gasteiger partial charge is 0.138 e. The van der Waals surface area contributed by atoms with Gasteiger partial charge in [-0.3, -0.25) is 0 Å². The summed E-state index contributed by atoms with van der Waals surface area (Å²) in [4.78, 5) is 0. The molecule has 0 saturated carbocycles. The van der Waals surface area contributed by atoms with Gasteiger partial charge >= 0.3 is 0 Å². The van der Waals surface area contributed by atoms with E-state index in [0.717, 1.165) is 12.8 Å². The molecule has 1 N–H and O–H groups in total. The molecule has 0 bridgehead atoms. The predicted octanol–water partition coefficient (Wildman–Crippen LogP) is 3.15. The normalized spacial score (nSPS) is 16.9. The molecule has 11 heavy (non-hydrogen) atoms. The number of hydrogen-bond donors (Lipinski definition) is 1. The first kappa shape index (κ1) is 11.2. The zero-order chi connectivity index (χ0) is 8.91. The second-order valence-corrected chi connectivity index (χ2v) is 4.32. The Morgan fingerprint density at radius 2 is 2.00 bits per heavy atom. The average molecular weight is 179 g/mol. The van der Waals surface area contributed by atoms with Crippen molar-refractivity contribution in [1.29, 1.82) is 0 Å². The third-order valence-corrected chi connectivity index (χ3v) is 1.98. The van der Waals surface area contributed by atoms with E-state index in [1.807, 2.05) is 0 Å². The summed E-state index contributed by atoms with van der Waals surface area (Å²) in [5.74, 6) is 0.467. The van der Waals surface area contributed by atoms with Crippen LogP contribution in [0.3, 0.4) is 0 Å². The van der Waals surface area contributed by atoms with Crippen molar-refractivity contribution < 1.29 is 5.11 Å². The van der Waals surface area contributed by atoms with Gasteiger partial charge in [-0.1, -0.05) is 38.8 Å². The number of alkyl halides is 1. The molecule has 0 aromatic heterocycles. The minimum atomic E-state index is -0.954. The Labute approximate surface area is 74.8 Å². The van der Waals surface area contributed by atoms with Crippen molar-refractivity contribution in [2.45, 2.75) is 51.5 Å². The summed E-state index contributed by atoms with van der Waals surface area (Å²) in [5.41, 5.74) is 0. The first-order valence-corrected chi connectivity index (χ1v) is 4.77. The van der Waals surface area contributed by atoms with Crippen molar-refractivity contribution in [3.63, 3.8) is 0 Å². The van der Waals surface area contributed by atoms with Gasteiger partial charge in [-0.25, -0.2) is 0 Å². The van der Waals surface area contributed by atoms with Crippen LogP contribution in [0.2, 0.25) is 0 Å². The van der Waals surface area contributed by atoms with Crippen LogP contribution in [-0.4, -0.2) is 10.2 Å². The van der Waals surface area contributed by atoms with Crippen molar-refractivity contribution in [3.8, 4) is 0 Å². The van der Waals surface area contributed by atoms with E-state index < -0.39 is 5.06 Å². The third-order valence-electron chi connectivity index (χ3n) is 1.63. The van der Waals surface area contributed by atoms with Crippen LogP contribution >= 0.6 is 11.6 Å². The molecular formula is C9H19ClO. The number of rotatable bonds is 5. The fourth-order valence-corrected chi connectivity index (χ4v) is 1.62. The van der Waals surface area contributed by atoms with Crippen molar-refractivity contribution >= 4 is 11.6 Å². The molecule has 0 saturated heterocycles. The molecule has 1 unspecified atom stereocenters. The van der Waals surface area contributed by atoms with E-state index in [1.54, 1.807) is 0 Å². The summed E-state index contributed by atoms with van der Waals surface area (Å²) in [6.07, 6.45) is 3.50. The Balaban J connectivity index is 3.61.